The van der Waals surface area contributed by atoms with E-state index in [1.54, 1.807) is 16.4 Å². The molecule has 0 saturated heterocycles. The minimum Gasteiger partial charge on any atom is -0.336 e. The number of rotatable bonds is 4. The summed E-state index contributed by atoms with van der Waals surface area (Å²) in [5.74, 6) is 7.96. The van der Waals surface area contributed by atoms with E-state index in [9.17, 15) is 0 Å². The second-order valence-corrected chi connectivity index (χ2v) is 6.09. The molecule has 5 heteroatoms. The van der Waals surface area contributed by atoms with Crippen molar-refractivity contribution in [3.05, 3.63) is 40.7 Å². The predicted octanol–water partition coefficient (Wildman–Crippen LogP) is 3.02. The summed E-state index contributed by atoms with van der Waals surface area (Å²) >= 11 is 1.62. The molecule has 2 N–H and O–H groups in total. The molecule has 0 aliphatic carbocycles. The summed E-state index contributed by atoms with van der Waals surface area (Å²) in [7, 11) is 0. The van der Waals surface area contributed by atoms with Gasteiger partial charge in [0.2, 0.25) is 5.16 Å². The molecule has 2 rings (SSSR count). The highest BCUT2D eigenvalue weighted by Crippen LogP contribution is 2.23. The average molecular weight is 276 g/mol. The second-order valence-electron chi connectivity index (χ2n) is 5.15. The molecule has 2 aromatic rings. The highest BCUT2D eigenvalue weighted by Gasteiger charge is 2.13. The zero-order valence-electron chi connectivity index (χ0n) is 11.8. The molecule has 0 atom stereocenters. The smallest absolute Gasteiger partial charge is 0.210 e. The fourth-order valence-corrected chi connectivity index (χ4v) is 2.87. The Bertz CT molecular complexity index is 555. The van der Waals surface area contributed by atoms with E-state index in [4.69, 9.17) is 5.84 Å². The molecule has 1 aromatic carbocycles. The van der Waals surface area contributed by atoms with Gasteiger partial charge in [-0.15, -0.1) is 10.2 Å². The molecule has 0 aliphatic heterocycles. The van der Waals surface area contributed by atoms with Crippen LogP contribution in [0.5, 0.6) is 0 Å². The number of nitrogens with two attached hydrogens (primary N) is 1. The fourth-order valence-electron chi connectivity index (χ4n) is 2.08. The SMILES string of the molecule is Cc1cc(C)cc(CSc2nnc(C(C)C)n2N)c1. The molecule has 0 amide bonds. The number of nitrogens with zero attached hydrogens (tertiary/aromatic N) is 3. The van der Waals surface area contributed by atoms with E-state index in [0.29, 0.717) is 0 Å². The molecule has 1 heterocycles. The van der Waals surface area contributed by atoms with Gasteiger partial charge in [-0.2, -0.15) is 0 Å². The van der Waals surface area contributed by atoms with Crippen LogP contribution in [0.3, 0.4) is 0 Å². The van der Waals surface area contributed by atoms with Crippen LogP contribution >= 0.6 is 11.8 Å². The number of benzene rings is 1. The van der Waals surface area contributed by atoms with Crippen molar-refractivity contribution in [2.24, 2.45) is 0 Å². The molecule has 1 aromatic heterocycles. The number of hydrogen-bond donors (Lipinski definition) is 1. The Balaban J connectivity index is 2.10. The van der Waals surface area contributed by atoms with Gasteiger partial charge in [-0.3, -0.25) is 0 Å². The summed E-state index contributed by atoms with van der Waals surface area (Å²) in [5.41, 5.74) is 3.86. The Hall–Kier alpha value is -1.49. The molecule has 0 bridgehead atoms. The van der Waals surface area contributed by atoms with Crippen LogP contribution in [0, 0.1) is 13.8 Å². The molecule has 0 radical (unpaired) electrons. The van der Waals surface area contributed by atoms with E-state index >= 15 is 0 Å². The Labute approximate surface area is 118 Å². The maximum atomic E-state index is 6.00. The minimum atomic E-state index is 0.285. The Morgan fingerprint density at radius 2 is 1.79 bits per heavy atom. The van der Waals surface area contributed by atoms with Crippen LogP contribution in [0.2, 0.25) is 0 Å². The lowest BCUT2D eigenvalue weighted by atomic mass is 10.1. The number of aromatic nitrogens is 3. The van der Waals surface area contributed by atoms with Crippen LogP contribution in [-0.4, -0.2) is 14.9 Å². The summed E-state index contributed by atoms with van der Waals surface area (Å²) in [5, 5.41) is 9.04. The maximum Gasteiger partial charge on any atom is 0.210 e. The first-order valence-electron chi connectivity index (χ1n) is 6.37. The second kappa shape index (κ2) is 5.65. The van der Waals surface area contributed by atoms with E-state index in [1.807, 2.05) is 0 Å². The standard InChI is InChI=1S/C14H20N4S/c1-9(2)13-16-17-14(18(13)15)19-8-12-6-10(3)5-11(4)7-12/h5-7,9H,8,15H2,1-4H3. The van der Waals surface area contributed by atoms with Crippen LogP contribution in [0.1, 0.15) is 42.3 Å². The average Bonchev–Trinajstić information content (AvgIpc) is 2.67. The van der Waals surface area contributed by atoms with Crippen molar-refractivity contribution >= 4 is 11.8 Å². The van der Waals surface area contributed by atoms with Crippen molar-refractivity contribution in [1.82, 2.24) is 14.9 Å². The molecule has 0 fully saturated rings. The zero-order chi connectivity index (χ0) is 14.0. The molecule has 0 saturated carbocycles. The molecule has 0 aliphatic rings. The monoisotopic (exact) mass is 276 g/mol. The minimum absolute atomic E-state index is 0.285. The van der Waals surface area contributed by atoms with Gasteiger partial charge in [0, 0.05) is 11.7 Å². The maximum absolute atomic E-state index is 6.00. The first-order chi connectivity index (χ1) is 8.97. The van der Waals surface area contributed by atoms with Crippen molar-refractivity contribution in [3.8, 4) is 0 Å². The fraction of sp³-hybridized carbons (Fsp3) is 0.429. The number of hydrogen-bond acceptors (Lipinski definition) is 4. The van der Waals surface area contributed by atoms with Crippen molar-refractivity contribution in [3.63, 3.8) is 0 Å². The topological polar surface area (TPSA) is 56.7 Å². The predicted molar refractivity (Wildman–Crippen MR) is 79.7 cm³/mol. The van der Waals surface area contributed by atoms with E-state index in [-0.39, 0.29) is 5.92 Å². The first kappa shape index (κ1) is 13.9. The first-order valence-corrected chi connectivity index (χ1v) is 7.36. The van der Waals surface area contributed by atoms with Gasteiger partial charge in [-0.1, -0.05) is 54.9 Å². The van der Waals surface area contributed by atoms with Gasteiger partial charge < -0.3 is 5.84 Å². The summed E-state index contributed by atoms with van der Waals surface area (Å²) in [4.78, 5) is 0. The van der Waals surface area contributed by atoms with E-state index in [0.717, 1.165) is 16.7 Å². The Morgan fingerprint density at radius 3 is 2.32 bits per heavy atom. The summed E-state index contributed by atoms with van der Waals surface area (Å²) in [6.45, 7) is 8.35. The van der Waals surface area contributed by atoms with E-state index in [2.05, 4.69) is 56.1 Å². The summed E-state index contributed by atoms with van der Waals surface area (Å²) < 4.78 is 1.60. The summed E-state index contributed by atoms with van der Waals surface area (Å²) in [6, 6.07) is 6.57. The van der Waals surface area contributed by atoms with E-state index in [1.165, 1.54) is 16.7 Å². The zero-order valence-corrected chi connectivity index (χ0v) is 12.7. The largest absolute Gasteiger partial charge is 0.336 e. The third-order valence-electron chi connectivity index (χ3n) is 2.86. The molecule has 0 unspecified atom stereocenters. The van der Waals surface area contributed by atoms with Gasteiger partial charge in [0.1, 0.15) is 0 Å². The lowest BCUT2D eigenvalue weighted by Crippen LogP contribution is -2.14. The number of nitrogen functional groups attached to an aromatic ring is 1. The Kier molecular flexibility index (Phi) is 4.14. The van der Waals surface area contributed by atoms with Crippen LogP contribution in [0.4, 0.5) is 0 Å². The van der Waals surface area contributed by atoms with Crippen molar-refractivity contribution in [2.75, 3.05) is 5.84 Å². The third kappa shape index (κ3) is 3.29. The molecule has 0 spiro atoms. The molecule has 102 valence electrons. The lowest BCUT2D eigenvalue weighted by molar-refractivity contribution is 0.712. The molecule has 4 nitrogen and oxygen atoms in total. The lowest BCUT2D eigenvalue weighted by Gasteiger charge is -2.06. The molecular formula is C14H20N4S. The van der Waals surface area contributed by atoms with Gasteiger partial charge >= 0.3 is 0 Å². The number of thioether (sulfide) groups is 1. The van der Waals surface area contributed by atoms with E-state index < -0.39 is 0 Å². The quantitative estimate of drug-likeness (QED) is 0.689. The number of aryl methyl sites for hydroxylation is 2. The molecule has 19 heavy (non-hydrogen) atoms. The van der Waals surface area contributed by atoms with Gasteiger partial charge in [0.15, 0.2) is 5.82 Å². The van der Waals surface area contributed by atoms with Crippen LogP contribution < -0.4 is 5.84 Å². The Morgan fingerprint density at radius 1 is 1.16 bits per heavy atom. The molecular weight excluding hydrogens is 256 g/mol. The van der Waals surface area contributed by atoms with Gasteiger partial charge in [-0.25, -0.2) is 4.68 Å². The van der Waals surface area contributed by atoms with Gasteiger partial charge in [0.05, 0.1) is 0 Å². The normalized spacial score (nSPS) is 11.2. The van der Waals surface area contributed by atoms with Crippen molar-refractivity contribution in [1.29, 1.82) is 0 Å². The van der Waals surface area contributed by atoms with Gasteiger partial charge in [-0.05, 0) is 19.4 Å². The third-order valence-corrected chi connectivity index (χ3v) is 3.87. The highest BCUT2D eigenvalue weighted by molar-refractivity contribution is 7.98. The van der Waals surface area contributed by atoms with Crippen molar-refractivity contribution < 1.29 is 0 Å². The van der Waals surface area contributed by atoms with Gasteiger partial charge in [0.25, 0.3) is 0 Å². The summed E-state index contributed by atoms with van der Waals surface area (Å²) in [6.07, 6.45) is 0. The highest BCUT2D eigenvalue weighted by atomic mass is 32.2. The van der Waals surface area contributed by atoms with Crippen LogP contribution in [0.25, 0.3) is 0 Å². The van der Waals surface area contributed by atoms with Crippen LogP contribution in [0.15, 0.2) is 23.4 Å². The van der Waals surface area contributed by atoms with Crippen molar-refractivity contribution in [2.45, 2.75) is 44.5 Å². The van der Waals surface area contributed by atoms with Crippen LogP contribution in [-0.2, 0) is 5.75 Å².